The van der Waals surface area contributed by atoms with Crippen molar-refractivity contribution in [1.82, 2.24) is 0 Å². The van der Waals surface area contributed by atoms with Crippen molar-refractivity contribution in [3.05, 3.63) is 46.9 Å². The van der Waals surface area contributed by atoms with Crippen LogP contribution in [-0.2, 0) is 6.42 Å². The van der Waals surface area contributed by atoms with Gasteiger partial charge in [0.15, 0.2) is 12.4 Å². The fourth-order valence-electron chi connectivity index (χ4n) is 1.76. The number of carbonyl (C=O) groups is 1. The van der Waals surface area contributed by atoms with E-state index in [4.69, 9.17) is 20.8 Å². The van der Waals surface area contributed by atoms with Crippen molar-refractivity contribution >= 4 is 23.2 Å². The number of amides is 1. The lowest BCUT2D eigenvalue weighted by Crippen LogP contribution is -2.20. The fraction of sp³-hybridized carbons (Fsp3) is 0.267. The summed E-state index contributed by atoms with van der Waals surface area (Å²) in [6.45, 7) is 0.388. The van der Waals surface area contributed by atoms with Crippen molar-refractivity contribution in [2.45, 2.75) is 19.5 Å². The van der Waals surface area contributed by atoms with Crippen LogP contribution in [0.5, 0.6) is 5.75 Å². The van der Waals surface area contributed by atoms with Crippen LogP contribution in [0.2, 0.25) is 5.02 Å². The summed E-state index contributed by atoms with van der Waals surface area (Å²) in [5.41, 5.74) is 0.0289. The average molecular weight is 348 g/mol. The Balaban J connectivity index is 2.17. The maximum absolute atomic E-state index is 12.3. The van der Waals surface area contributed by atoms with E-state index in [0.29, 0.717) is 12.2 Å². The zero-order valence-electron chi connectivity index (χ0n) is 12.0. The van der Waals surface area contributed by atoms with Crippen LogP contribution in [0.3, 0.4) is 0 Å². The average Bonchev–Trinajstić information content (AvgIpc) is 2.94. The van der Waals surface area contributed by atoms with Crippen molar-refractivity contribution < 1.29 is 27.1 Å². The number of furan rings is 1. The molecule has 23 heavy (non-hydrogen) atoms. The molecule has 1 aromatic carbocycles. The molecule has 1 heterocycles. The number of aryl methyl sites for hydroxylation is 1. The van der Waals surface area contributed by atoms with Crippen molar-refractivity contribution in [2.24, 2.45) is 0 Å². The van der Waals surface area contributed by atoms with E-state index in [2.05, 4.69) is 5.32 Å². The van der Waals surface area contributed by atoms with Gasteiger partial charge >= 0.3 is 6.18 Å². The van der Waals surface area contributed by atoms with Crippen molar-refractivity contribution in [3.63, 3.8) is 0 Å². The minimum absolute atomic E-state index is 0.0289. The Kier molecular flexibility index (Phi) is 5.20. The van der Waals surface area contributed by atoms with Crippen LogP contribution in [0, 0.1) is 0 Å². The quantitative estimate of drug-likeness (QED) is 0.853. The Hall–Kier alpha value is -2.15. The molecule has 0 bridgehead atoms. The van der Waals surface area contributed by atoms with Gasteiger partial charge in [0.05, 0.1) is 5.69 Å². The molecule has 2 aromatic rings. The Labute approximate surface area is 135 Å². The highest BCUT2D eigenvalue weighted by atomic mass is 35.5. The number of rotatable bonds is 5. The summed E-state index contributed by atoms with van der Waals surface area (Å²) in [7, 11) is 0. The number of carbonyl (C=O) groups excluding carboxylic acids is 1. The molecule has 0 aliphatic heterocycles. The van der Waals surface area contributed by atoms with E-state index in [1.165, 1.54) is 24.3 Å². The van der Waals surface area contributed by atoms with Crippen molar-refractivity contribution in [2.75, 3.05) is 11.9 Å². The summed E-state index contributed by atoms with van der Waals surface area (Å²) >= 11 is 5.81. The lowest BCUT2D eigenvalue weighted by Gasteiger charge is -2.13. The molecule has 0 spiro atoms. The van der Waals surface area contributed by atoms with E-state index in [1.807, 2.05) is 6.92 Å². The van der Waals surface area contributed by atoms with Crippen LogP contribution < -0.4 is 10.1 Å². The van der Waals surface area contributed by atoms with E-state index in [9.17, 15) is 18.0 Å². The van der Waals surface area contributed by atoms with Gasteiger partial charge in [0.1, 0.15) is 11.5 Å². The number of hydrogen-bond donors (Lipinski definition) is 1. The summed E-state index contributed by atoms with van der Waals surface area (Å²) in [5, 5.41) is 2.68. The Bertz CT molecular complexity index is 698. The summed E-state index contributed by atoms with van der Waals surface area (Å²) in [5.74, 6) is -0.0791. The molecular weight excluding hydrogens is 335 g/mol. The molecule has 0 fully saturated rings. The molecule has 0 atom stereocenters. The van der Waals surface area contributed by atoms with E-state index in [1.54, 1.807) is 6.07 Å². The molecule has 1 amide bonds. The van der Waals surface area contributed by atoms with Gasteiger partial charge in [-0.05, 0) is 30.3 Å². The van der Waals surface area contributed by atoms with Crippen LogP contribution in [0.4, 0.5) is 18.9 Å². The predicted molar refractivity (Wildman–Crippen MR) is 79.0 cm³/mol. The summed E-state index contributed by atoms with van der Waals surface area (Å²) in [6.07, 6.45) is -3.87. The van der Waals surface area contributed by atoms with Gasteiger partial charge in [0.2, 0.25) is 0 Å². The number of alkyl halides is 3. The van der Waals surface area contributed by atoms with Gasteiger partial charge in [-0.1, -0.05) is 18.5 Å². The van der Waals surface area contributed by atoms with Crippen LogP contribution >= 0.6 is 11.6 Å². The summed E-state index contributed by atoms with van der Waals surface area (Å²) in [4.78, 5) is 12.1. The van der Waals surface area contributed by atoms with Gasteiger partial charge in [0, 0.05) is 11.4 Å². The van der Waals surface area contributed by atoms with E-state index < -0.39 is 18.7 Å². The Morgan fingerprint density at radius 1 is 1.30 bits per heavy atom. The van der Waals surface area contributed by atoms with Crippen LogP contribution in [0.1, 0.15) is 23.2 Å². The zero-order chi connectivity index (χ0) is 17.0. The number of benzene rings is 1. The maximum atomic E-state index is 12.3. The SMILES string of the molecule is CCc1ccc(C(=O)Nc2cc(Cl)ccc2OCC(F)(F)F)o1. The summed E-state index contributed by atoms with van der Waals surface area (Å²) in [6, 6.07) is 7.05. The largest absolute Gasteiger partial charge is 0.482 e. The second-order valence-corrected chi connectivity index (χ2v) is 5.05. The molecule has 1 N–H and O–H groups in total. The first-order valence-corrected chi connectivity index (χ1v) is 7.05. The van der Waals surface area contributed by atoms with Crippen LogP contribution in [0.15, 0.2) is 34.7 Å². The number of halogens is 4. The molecule has 0 saturated heterocycles. The van der Waals surface area contributed by atoms with Crippen LogP contribution in [0.25, 0.3) is 0 Å². The van der Waals surface area contributed by atoms with E-state index in [-0.39, 0.29) is 22.2 Å². The second kappa shape index (κ2) is 6.95. The first-order chi connectivity index (χ1) is 10.8. The molecule has 2 rings (SSSR count). The highest BCUT2D eigenvalue weighted by molar-refractivity contribution is 6.31. The standard InChI is InChI=1S/C15H13ClF3NO3/c1-2-10-4-6-13(23-10)14(21)20-11-7-9(16)3-5-12(11)22-8-15(17,18)19/h3-7H,2,8H2,1H3,(H,20,21). The lowest BCUT2D eigenvalue weighted by atomic mass is 10.2. The van der Waals surface area contributed by atoms with E-state index in [0.717, 1.165) is 0 Å². The third kappa shape index (κ3) is 4.92. The van der Waals surface area contributed by atoms with Crippen LogP contribution in [-0.4, -0.2) is 18.7 Å². The molecule has 0 radical (unpaired) electrons. The van der Waals surface area contributed by atoms with E-state index >= 15 is 0 Å². The number of hydrogen-bond acceptors (Lipinski definition) is 3. The normalized spacial score (nSPS) is 11.3. The molecule has 0 aliphatic carbocycles. The minimum Gasteiger partial charge on any atom is -0.482 e. The highest BCUT2D eigenvalue weighted by Crippen LogP contribution is 2.30. The first kappa shape index (κ1) is 17.2. The molecule has 0 aliphatic rings. The highest BCUT2D eigenvalue weighted by Gasteiger charge is 2.29. The van der Waals surface area contributed by atoms with Crippen molar-refractivity contribution in [1.29, 1.82) is 0 Å². The van der Waals surface area contributed by atoms with Gasteiger partial charge in [-0.2, -0.15) is 13.2 Å². The number of anilines is 1. The molecule has 0 unspecified atom stereocenters. The maximum Gasteiger partial charge on any atom is 0.422 e. The number of ether oxygens (including phenoxy) is 1. The number of nitrogens with one attached hydrogen (secondary N) is 1. The summed E-state index contributed by atoms with van der Waals surface area (Å²) < 4.78 is 46.8. The Morgan fingerprint density at radius 3 is 2.65 bits per heavy atom. The Morgan fingerprint density at radius 2 is 2.04 bits per heavy atom. The van der Waals surface area contributed by atoms with Gasteiger partial charge < -0.3 is 14.5 Å². The van der Waals surface area contributed by atoms with Gasteiger partial charge in [-0.25, -0.2) is 0 Å². The predicted octanol–water partition coefficient (Wildman–Crippen LogP) is 4.69. The smallest absolute Gasteiger partial charge is 0.422 e. The molecule has 1 aromatic heterocycles. The second-order valence-electron chi connectivity index (χ2n) is 4.62. The third-order valence-electron chi connectivity index (χ3n) is 2.82. The molecule has 124 valence electrons. The molecule has 4 nitrogen and oxygen atoms in total. The first-order valence-electron chi connectivity index (χ1n) is 6.67. The molecule has 8 heteroatoms. The van der Waals surface area contributed by atoms with Gasteiger partial charge in [-0.15, -0.1) is 0 Å². The minimum atomic E-state index is -4.49. The van der Waals surface area contributed by atoms with Gasteiger partial charge in [-0.3, -0.25) is 4.79 Å². The van der Waals surface area contributed by atoms with Crippen molar-refractivity contribution in [3.8, 4) is 5.75 Å². The lowest BCUT2D eigenvalue weighted by molar-refractivity contribution is -0.153. The fourth-order valence-corrected chi connectivity index (χ4v) is 1.93. The molecular formula is C15H13ClF3NO3. The topological polar surface area (TPSA) is 51.5 Å². The van der Waals surface area contributed by atoms with Gasteiger partial charge in [0.25, 0.3) is 5.91 Å². The third-order valence-corrected chi connectivity index (χ3v) is 3.05. The molecule has 0 saturated carbocycles. The zero-order valence-corrected chi connectivity index (χ0v) is 12.8. The monoisotopic (exact) mass is 347 g/mol.